The summed E-state index contributed by atoms with van der Waals surface area (Å²) in [4.78, 5) is 20.2. The summed E-state index contributed by atoms with van der Waals surface area (Å²) in [6.07, 6.45) is 7.01. The molecule has 2 aliphatic heterocycles. The number of aryl methyl sites for hydroxylation is 1. The quantitative estimate of drug-likeness (QED) is 0.794. The van der Waals surface area contributed by atoms with Crippen molar-refractivity contribution >= 4 is 12.2 Å². The van der Waals surface area contributed by atoms with E-state index < -0.39 is 0 Å². The highest BCUT2D eigenvalue weighted by Gasteiger charge is 2.26. The Kier molecular flexibility index (Phi) is 3.90. The average Bonchev–Trinajstić information content (AvgIpc) is 2.96. The molecule has 2 saturated heterocycles. The van der Waals surface area contributed by atoms with Crippen LogP contribution in [0.1, 0.15) is 49.4 Å². The van der Waals surface area contributed by atoms with Gasteiger partial charge < -0.3 is 9.80 Å². The number of anilines is 1. The molecule has 1 atom stereocenters. The summed E-state index contributed by atoms with van der Waals surface area (Å²) in [6, 6.07) is 4.55. The van der Waals surface area contributed by atoms with Gasteiger partial charge in [0.25, 0.3) is 0 Å². The minimum atomic E-state index is 0.232. The van der Waals surface area contributed by atoms with Crippen molar-refractivity contribution in [3.8, 4) is 0 Å². The molecule has 2 fully saturated rings. The van der Waals surface area contributed by atoms with Crippen molar-refractivity contribution in [2.24, 2.45) is 0 Å². The summed E-state index contributed by atoms with van der Waals surface area (Å²) >= 11 is 0. The second-order valence-electron chi connectivity index (χ2n) is 5.89. The molecular weight excluding hydrogens is 250 g/mol. The molecule has 0 N–H and O–H groups in total. The van der Waals surface area contributed by atoms with Crippen LogP contribution in [0.25, 0.3) is 0 Å². The fraction of sp³-hybridized carbons (Fsp3) is 0.625. The van der Waals surface area contributed by atoms with Crippen molar-refractivity contribution in [3.63, 3.8) is 0 Å². The first-order chi connectivity index (χ1) is 9.79. The molecule has 108 valence electrons. The van der Waals surface area contributed by atoms with Crippen LogP contribution in [-0.4, -0.2) is 35.9 Å². The number of likely N-dealkylation sites (tertiary alicyclic amines) is 1. The average molecular weight is 273 g/mol. The standard InChI is InChI=1S/C16H23N3O/c1-13-14(15-6-5-11-19(15)12-20)7-8-16(17-13)18-9-3-2-4-10-18/h7-8,12,15H,2-6,9-11H2,1H3. The molecule has 1 unspecified atom stereocenters. The van der Waals surface area contributed by atoms with Crippen molar-refractivity contribution < 1.29 is 4.79 Å². The second kappa shape index (κ2) is 5.81. The van der Waals surface area contributed by atoms with E-state index in [1.807, 2.05) is 4.90 Å². The highest BCUT2D eigenvalue weighted by Crippen LogP contribution is 2.33. The predicted octanol–water partition coefficient (Wildman–Crippen LogP) is 2.67. The van der Waals surface area contributed by atoms with Crippen LogP contribution in [0.2, 0.25) is 0 Å². The van der Waals surface area contributed by atoms with Crippen molar-refractivity contribution in [1.29, 1.82) is 0 Å². The predicted molar refractivity (Wildman–Crippen MR) is 79.8 cm³/mol. The molecule has 1 aromatic rings. The molecule has 20 heavy (non-hydrogen) atoms. The fourth-order valence-corrected chi connectivity index (χ4v) is 3.46. The van der Waals surface area contributed by atoms with Crippen molar-refractivity contribution in [3.05, 3.63) is 23.4 Å². The molecule has 4 nitrogen and oxygen atoms in total. The van der Waals surface area contributed by atoms with Gasteiger partial charge in [-0.05, 0) is 50.7 Å². The fourth-order valence-electron chi connectivity index (χ4n) is 3.46. The number of carbonyl (C=O) groups excluding carboxylic acids is 1. The van der Waals surface area contributed by atoms with Gasteiger partial charge in [-0.15, -0.1) is 0 Å². The molecule has 0 bridgehead atoms. The highest BCUT2D eigenvalue weighted by molar-refractivity contribution is 5.51. The maximum absolute atomic E-state index is 11.1. The minimum Gasteiger partial charge on any atom is -0.357 e. The van der Waals surface area contributed by atoms with E-state index in [0.717, 1.165) is 50.4 Å². The van der Waals surface area contributed by atoms with E-state index in [-0.39, 0.29) is 6.04 Å². The zero-order valence-corrected chi connectivity index (χ0v) is 12.2. The molecule has 0 spiro atoms. The van der Waals surface area contributed by atoms with E-state index in [2.05, 4.69) is 24.0 Å². The van der Waals surface area contributed by atoms with Gasteiger partial charge in [0.05, 0.1) is 6.04 Å². The number of piperidine rings is 1. The Morgan fingerprint density at radius 3 is 2.65 bits per heavy atom. The second-order valence-corrected chi connectivity index (χ2v) is 5.89. The number of hydrogen-bond acceptors (Lipinski definition) is 3. The Bertz CT molecular complexity index is 483. The summed E-state index contributed by atoms with van der Waals surface area (Å²) in [5.74, 6) is 1.10. The third kappa shape index (κ3) is 2.51. The van der Waals surface area contributed by atoms with Gasteiger partial charge in [-0.3, -0.25) is 4.79 Å². The number of pyridine rings is 1. The van der Waals surface area contributed by atoms with Crippen molar-refractivity contribution in [1.82, 2.24) is 9.88 Å². The molecule has 4 heteroatoms. The Morgan fingerprint density at radius 2 is 1.95 bits per heavy atom. The Balaban J connectivity index is 1.81. The highest BCUT2D eigenvalue weighted by atomic mass is 16.1. The lowest BCUT2D eigenvalue weighted by Crippen LogP contribution is -2.30. The first kappa shape index (κ1) is 13.4. The third-order valence-corrected chi connectivity index (χ3v) is 4.58. The van der Waals surface area contributed by atoms with Crippen LogP contribution in [0, 0.1) is 6.92 Å². The number of nitrogens with zero attached hydrogens (tertiary/aromatic N) is 3. The number of hydrogen-bond donors (Lipinski definition) is 0. The van der Waals surface area contributed by atoms with E-state index >= 15 is 0 Å². The monoisotopic (exact) mass is 273 g/mol. The number of rotatable bonds is 3. The van der Waals surface area contributed by atoms with Crippen molar-refractivity contribution in [2.75, 3.05) is 24.5 Å². The molecule has 1 aromatic heterocycles. The first-order valence-corrected chi connectivity index (χ1v) is 7.73. The molecule has 0 radical (unpaired) electrons. The normalized spacial score (nSPS) is 23.1. The van der Waals surface area contributed by atoms with Crippen LogP contribution in [0.15, 0.2) is 12.1 Å². The van der Waals surface area contributed by atoms with Gasteiger partial charge in [0.2, 0.25) is 6.41 Å². The zero-order valence-electron chi connectivity index (χ0n) is 12.2. The lowest BCUT2D eigenvalue weighted by molar-refractivity contribution is -0.118. The van der Waals surface area contributed by atoms with E-state index in [0.29, 0.717) is 0 Å². The third-order valence-electron chi connectivity index (χ3n) is 4.58. The van der Waals surface area contributed by atoms with Crippen LogP contribution in [0.5, 0.6) is 0 Å². The molecule has 3 rings (SSSR count). The van der Waals surface area contributed by atoms with E-state index in [1.54, 1.807) is 0 Å². The number of amides is 1. The number of aromatic nitrogens is 1. The Labute approximate surface area is 120 Å². The SMILES string of the molecule is Cc1nc(N2CCCCC2)ccc1C1CCCN1C=O. The maximum atomic E-state index is 11.1. The lowest BCUT2D eigenvalue weighted by Gasteiger charge is -2.29. The largest absolute Gasteiger partial charge is 0.357 e. The Hall–Kier alpha value is -1.58. The van der Waals surface area contributed by atoms with Crippen LogP contribution >= 0.6 is 0 Å². The molecule has 1 amide bonds. The van der Waals surface area contributed by atoms with Crippen LogP contribution in [0.4, 0.5) is 5.82 Å². The van der Waals surface area contributed by atoms with Gasteiger partial charge in [-0.1, -0.05) is 6.07 Å². The molecule has 0 saturated carbocycles. The molecule has 3 heterocycles. The van der Waals surface area contributed by atoms with Gasteiger partial charge in [-0.25, -0.2) is 4.98 Å². The maximum Gasteiger partial charge on any atom is 0.210 e. The minimum absolute atomic E-state index is 0.232. The van der Waals surface area contributed by atoms with Crippen LogP contribution in [-0.2, 0) is 4.79 Å². The van der Waals surface area contributed by atoms with Crippen LogP contribution < -0.4 is 4.90 Å². The van der Waals surface area contributed by atoms with E-state index in [9.17, 15) is 4.79 Å². The summed E-state index contributed by atoms with van der Waals surface area (Å²) in [5.41, 5.74) is 2.29. The smallest absolute Gasteiger partial charge is 0.210 e. The summed E-state index contributed by atoms with van der Waals surface area (Å²) in [5, 5.41) is 0. The summed E-state index contributed by atoms with van der Waals surface area (Å²) in [6.45, 7) is 5.19. The lowest BCUT2D eigenvalue weighted by atomic mass is 10.0. The van der Waals surface area contributed by atoms with Gasteiger partial charge in [0, 0.05) is 25.3 Å². The van der Waals surface area contributed by atoms with Crippen molar-refractivity contribution in [2.45, 2.75) is 45.1 Å². The summed E-state index contributed by atoms with van der Waals surface area (Å²) < 4.78 is 0. The topological polar surface area (TPSA) is 36.4 Å². The molecule has 0 aromatic carbocycles. The Morgan fingerprint density at radius 1 is 1.15 bits per heavy atom. The van der Waals surface area contributed by atoms with Gasteiger partial charge in [0.1, 0.15) is 5.82 Å². The van der Waals surface area contributed by atoms with Gasteiger partial charge in [0.15, 0.2) is 0 Å². The first-order valence-electron chi connectivity index (χ1n) is 7.73. The molecule has 0 aliphatic carbocycles. The van der Waals surface area contributed by atoms with Crippen LogP contribution in [0.3, 0.4) is 0 Å². The van der Waals surface area contributed by atoms with Gasteiger partial charge >= 0.3 is 0 Å². The summed E-state index contributed by atoms with van der Waals surface area (Å²) in [7, 11) is 0. The number of carbonyl (C=O) groups is 1. The van der Waals surface area contributed by atoms with E-state index in [4.69, 9.17) is 4.98 Å². The molecular formula is C16H23N3O. The van der Waals surface area contributed by atoms with E-state index in [1.165, 1.54) is 24.8 Å². The molecule has 2 aliphatic rings. The van der Waals surface area contributed by atoms with Gasteiger partial charge in [-0.2, -0.15) is 0 Å². The zero-order chi connectivity index (χ0) is 13.9.